The lowest BCUT2D eigenvalue weighted by molar-refractivity contribution is 0.0895. The minimum absolute atomic E-state index is 0. The van der Waals surface area contributed by atoms with E-state index in [1.807, 2.05) is 60.7 Å². The van der Waals surface area contributed by atoms with Gasteiger partial charge in [-0.1, -0.05) is 78.9 Å². The number of carbonyl (C=O) groups is 2. The van der Waals surface area contributed by atoms with Crippen molar-refractivity contribution >= 4 is 24.0 Å². The van der Waals surface area contributed by atoms with Gasteiger partial charge in [0.1, 0.15) is 0 Å². The summed E-state index contributed by atoms with van der Waals surface area (Å²) in [5.41, 5.74) is 7.06. The van der Waals surface area contributed by atoms with E-state index in [1.54, 1.807) is 26.4 Å². The minimum Gasteiger partial charge on any atom is -0.493 e. The van der Waals surface area contributed by atoms with Crippen LogP contribution in [0.4, 0.5) is 8.78 Å². The third kappa shape index (κ3) is 8.88. The quantitative estimate of drug-likeness (QED) is 0.127. The zero-order chi connectivity index (χ0) is 40.9. The Kier molecular flexibility index (Phi) is 13.2. The Morgan fingerprint density at radius 2 is 1.20 bits per heavy atom. The number of Topliss-reactive ketones (excluding diaryl/α,β-unsaturated/α-hetero) is 1. The number of pyridine rings is 2. The van der Waals surface area contributed by atoms with Gasteiger partial charge in [-0.3, -0.25) is 14.5 Å². The van der Waals surface area contributed by atoms with E-state index >= 15 is 0 Å². The first-order chi connectivity index (χ1) is 28.7. The highest BCUT2D eigenvalue weighted by molar-refractivity contribution is 6.13. The van der Waals surface area contributed by atoms with Gasteiger partial charge in [0.15, 0.2) is 23.1 Å². The summed E-state index contributed by atoms with van der Waals surface area (Å²) in [6.45, 7) is 3.27. The van der Waals surface area contributed by atoms with Gasteiger partial charge in [0, 0.05) is 47.0 Å². The van der Waals surface area contributed by atoms with Crippen LogP contribution in [0.1, 0.15) is 78.9 Å². The van der Waals surface area contributed by atoms with E-state index in [0.717, 1.165) is 65.9 Å². The van der Waals surface area contributed by atoms with Crippen molar-refractivity contribution in [1.82, 2.24) is 14.9 Å². The fourth-order valence-corrected chi connectivity index (χ4v) is 9.44. The van der Waals surface area contributed by atoms with Crippen LogP contribution in [-0.2, 0) is 31.2 Å². The fourth-order valence-electron chi connectivity index (χ4n) is 9.44. The van der Waals surface area contributed by atoms with Crippen molar-refractivity contribution in [3.8, 4) is 11.5 Å². The van der Waals surface area contributed by atoms with Crippen molar-refractivity contribution in [2.75, 3.05) is 27.3 Å². The summed E-state index contributed by atoms with van der Waals surface area (Å²) in [7, 11) is 3.26. The molecule has 3 aliphatic rings. The molecule has 1 atom stereocenters. The zero-order valence-electron chi connectivity index (χ0n) is 33.8. The molecule has 1 unspecified atom stereocenters. The molecule has 0 spiro atoms. The van der Waals surface area contributed by atoms with Crippen LogP contribution >= 0.6 is 12.4 Å². The molecule has 9 rings (SSSR count). The number of piperidine rings is 1. The van der Waals surface area contributed by atoms with Crippen molar-refractivity contribution in [2.24, 2.45) is 11.8 Å². The van der Waals surface area contributed by atoms with Gasteiger partial charge in [-0.05, 0) is 127 Å². The molecule has 3 heterocycles. The molecule has 6 aromatic rings. The molecule has 1 fully saturated rings. The molecular weight excluding hydrogens is 780 g/mol. The smallest absolute Gasteiger partial charge is 0.213 e. The number of ketones is 2. The molecule has 60 heavy (non-hydrogen) atoms. The second kappa shape index (κ2) is 18.7. The van der Waals surface area contributed by atoms with Crippen LogP contribution in [-0.4, -0.2) is 53.7 Å². The summed E-state index contributed by atoms with van der Waals surface area (Å²) in [6, 6.07) is 35.9. The van der Waals surface area contributed by atoms with E-state index < -0.39 is 17.3 Å². The van der Waals surface area contributed by atoms with Crippen molar-refractivity contribution in [3.63, 3.8) is 0 Å². The highest BCUT2D eigenvalue weighted by Gasteiger charge is 2.44. The van der Waals surface area contributed by atoms with E-state index in [4.69, 9.17) is 9.47 Å². The molecule has 0 radical (unpaired) electrons. The highest BCUT2D eigenvalue weighted by atomic mass is 35.5. The normalized spacial score (nSPS) is 16.7. The van der Waals surface area contributed by atoms with Crippen molar-refractivity contribution < 1.29 is 27.8 Å². The van der Waals surface area contributed by atoms with E-state index in [9.17, 15) is 18.4 Å². The number of halogens is 3. The van der Waals surface area contributed by atoms with Gasteiger partial charge in [0.05, 0.1) is 14.2 Å². The van der Waals surface area contributed by atoms with E-state index in [2.05, 4.69) is 45.2 Å². The van der Waals surface area contributed by atoms with E-state index in [1.165, 1.54) is 42.9 Å². The van der Waals surface area contributed by atoms with Gasteiger partial charge in [0.25, 0.3) is 0 Å². The largest absolute Gasteiger partial charge is 0.493 e. The van der Waals surface area contributed by atoms with Gasteiger partial charge in [-0.25, -0.2) is 9.97 Å². The lowest BCUT2D eigenvalue weighted by atomic mass is 9.61. The van der Waals surface area contributed by atoms with Crippen LogP contribution in [0.2, 0.25) is 0 Å². The Morgan fingerprint density at radius 3 is 1.75 bits per heavy atom. The standard InChI is InChI=1S/C26H18F2N2O.C24H29NO3.ClH/c27-23-13-17(9-11-29-23)15-26(16-18-10-12-30-24(28)14-18)21-7-3-1-5-19(21)25(31)20-6-2-4-8-22(20)26;1-27-22-14-19-13-20(24(26)21(19)15-23(22)28-2)12-17-8-10-25(11-9-17)16-18-6-4-3-5-7-18;/h1-14H,15-16H2;3-7,14-15,17,20H,8-13,16H2,1-2H3;1H. The monoisotopic (exact) mass is 827 g/mol. The molecule has 4 aromatic carbocycles. The molecule has 0 bridgehead atoms. The number of methoxy groups -OCH3 is 2. The van der Waals surface area contributed by atoms with Gasteiger partial charge < -0.3 is 9.47 Å². The van der Waals surface area contributed by atoms with Gasteiger partial charge in [-0.15, -0.1) is 12.4 Å². The number of carbonyl (C=O) groups excluding carboxylic acids is 2. The Labute approximate surface area is 356 Å². The molecule has 2 aromatic heterocycles. The maximum absolute atomic E-state index is 14.0. The summed E-state index contributed by atoms with van der Waals surface area (Å²) in [5.74, 6) is 1.23. The summed E-state index contributed by atoms with van der Waals surface area (Å²) >= 11 is 0. The molecule has 1 aliphatic heterocycles. The number of likely N-dealkylation sites (tertiary alicyclic amines) is 1. The molecule has 308 valence electrons. The second-order valence-electron chi connectivity index (χ2n) is 15.9. The zero-order valence-corrected chi connectivity index (χ0v) is 34.6. The van der Waals surface area contributed by atoms with Crippen molar-refractivity contribution in [3.05, 3.63) is 190 Å². The van der Waals surface area contributed by atoms with Crippen LogP contribution in [0, 0.1) is 23.7 Å². The number of hydrogen-bond donors (Lipinski definition) is 0. The fraction of sp³-hybridized carbons (Fsp3) is 0.280. The van der Waals surface area contributed by atoms with Gasteiger partial charge >= 0.3 is 0 Å². The average molecular weight is 828 g/mol. The Balaban J connectivity index is 0.000000179. The van der Waals surface area contributed by atoms with E-state index in [0.29, 0.717) is 41.4 Å². The van der Waals surface area contributed by atoms with Crippen LogP contribution in [0.5, 0.6) is 11.5 Å². The maximum Gasteiger partial charge on any atom is 0.213 e. The number of aromatic nitrogens is 2. The summed E-state index contributed by atoms with van der Waals surface area (Å²) in [5, 5.41) is 0. The first kappa shape index (κ1) is 42.4. The summed E-state index contributed by atoms with van der Waals surface area (Å²) < 4.78 is 38.7. The first-order valence-electron chi connectivity index (χ1n) is 20.2. The molecule has 0 saturated carbocycles. The first-order valence-corrected chi connectivity index (χ1v) is 20.2. The van der Waals surface area contributed by atoms with Crippen molar-refractivity contribution in [1.29, 1.82) is 0 Å². The van der Waals surface area contributed by atoms with Gasteiger partial charge in [0.2, 0.25) is 11.9 Å². The minimum atomic E-state index is -0.692. The van der Waals surface area contributed by atoms with Crippen LogP contribution in [0.15, 0.2) is 128 Å². The highest BCUT2D eigenvalue weighted by Crippen LogP contribution is 2.46. The van der Waals surface area contributed by atoms with Crippen LogP contribution in [0.3, 0.4) is 0 Å². The number of hydrogen-bond acceptors (Lipinski definition) is 7. The lowest BCUT2D eigenvalue weighted by Gasteiger charge is -2.41. The van der Waals surface area contributed by atoms with Crippen LogP contribution < -0.4 is 9.47 Å². The molecular formula is C50H48ClF2N3O4. The number of fused-ring (bicyclic) bond motifs is 3. The van der Waals surface area contributed by atoms with Gasteiger partial charge in [-0.2, -0.15) is 8.78 Å². The molecule has 1 saturated heterocycles. The number of benzene rings is 4. The molecule has 2 aliphatic carbocycles. The van der Waals surface area contributed by atoms with Crippen molar-refractivity contribution in [2.45, 2.75) is 50.5 Å². The molecule has 10 heteroatoms. The Morgan fingerprint density at radius 1 is 0.667 bits per heavy atom. The average Bonchev–Trinajstić information content (AvgIpc) is 3.56. The number of rotatable bonds is 10. The molecule has 0 amide bonds. The third-order valence-corrected chi connectivity index (χ3v) is 12.3. The number of nitrogens with zero attached hydrogens (tertiary/aromatic N) is 3. The Bertz CT molecular complexity index is 2370. The SMILES string of the molecule is COc1cc2c(cc1OC)C(=O)C(CC1CCN(Cc3ccccc3)CC1)C2.Cl.O=C1c2ccccc2C(Cc2ccnc(F)c2)(Cc2ccnc(F)c2)c2ccccc21. The predicted molar refractivity (Wildman–Crippen MR) is 230 cm³/mol. The van der Waals surface area contributed by atoms with Crippen LogP contribution in [0.25, 0.3) is 0 Å². The summed E-state index contributed by atoms with van der Waals surface area (Å²) in [4.78, 5) is 36.1. The third-order valence-electron chi connectivity index (χ3n) is 12.3. The second-order valence-corrected chi connectivity index (χ2v) is 15.9. The number of ether oxygens (including phenoxy) is 2. The maximum atomic E-state index is 14.0. The molecule has 0 N–H and O–H groups in total. The van der Waals surface area contributed by atoms with E-state index in [-0.39, 0.29) is 29.9 Å². The lowest BCUT2D eigenvalue weighted by Crippen LogP contribution is -2.40. The molecule has 7 nitrogen and oxygen atoms in total. The topological polar surface area (TPSA) is 81.6 Å². The predicted octanol–water partition coefficient (Wildman–Crippen LogP) is 9.85. The Hall–Kier alpha value is -5.77. The summed E-state index contributed by atoms with van der Waals surface area (Å²) in [6.07, 6.45) is 7.93.